The van der Waals surface area contributed by atoms with E-state index in [1.807, 2.05) is 49.3 Å². The Bertz CT molecular complexity index is 582. The SMILES string of the molecule is C=CC1=CC=C(c2ccc(OCC)cc2)C(=C=O)C1. The molecule has 0 radical (unpaired) electrons. The molecule has 0 atom stereocenters. The van der Waals surface area contributed by atoms with E-state index in [-0.39, 0.29) is 0 Å². The zero-order valence-electron chi connectivity index (χ0n) is 11.0. The maximum absolute atomic E-state index is 11.1. The minimum atomic E-state index is 0.589. The Labute approximate surface area is 113 Å². The van der Waals surface area contributed by atoms with Gasteiger partial charge < -0.3 is 4.74 Å². The van der Waals surface area contributed by atoms with Crippen molar-refractivity contribution in [3.05, 3.63) is 65.8 Å². The van der Waals surface area contributed by atoms with Crippen molar-refractivity contribution in [1.82, 2.24) is 0 Å². The fraction of sp³-hybridized carbons (Fsp3) is 0.176. The van der Waals surface area contributed by atoms with Crippen molar-refractivity contribution in [2.75, 3.05) is 6.61 Å². The molecule has 0 unspecified atom stereocenters. The van der Waals surface area contributed by atoms with Crippen LogP contribution in [0.2, 0.25) is 0 Å². The van der Waals surface area contributed by atoms with Crippen LogP contribution < -0.4 is 4.74 Å². The van der Waals surface area contributed by atoms with E-state index in [4.69, 9.17) is 4.74 Å². The summed E-state index contributed by atoms with van der Waals surface area (Å²) in [6, 6.07) is 7.74. The second kappa shape index (κ2) is 6.03. The van der Waals surface area contributed by atoms with Crippen LogP contribution in [0, 0.1) is 0 Å². The van der Waals surface area contributed by atoms with Crippen LogP contribution in [0.1, 0.15) is 18.9 Å². The molecule has 0 aliphatic heterocycles. The molecule has 19 heavy (non-hydrogen) atoms. The summed E-state index contributed by atoms with van der Waals surface area (Å²) in [5, 5.41) is 0. The molecule has 2 nitrogen and oxygen atoms in total. The Kier molecular flexibility index (Phi) is 4.17. The highest BCUT2D eigenvalue weighted by Crippen LogP contribution is 2.31. The number of hydrogen-bond donors (Lipinski definition) is 0. The van der Waals surface area contributed by atoms with Gasteiger partial charge in [0.15, 0.2) is 0 Å². The number of benzene rings is 1. The number of carbonyl (C=O) groups excluding carboxylic acids is 1. The summed E-state index contributed by atoms with van der Waals surface area (Å²) in [7, 11) is 0. The first-order valence-corrected chi connectivity index (χ1v) is 6.29. The quantitative estimate of drug-likeness (QED) is 0.763. The topological polar surface area (TPSA) is 26.3 Å². The lowest BCUT2D eigenvalue weighted by molar-refractivity contribution is 0.340. The van der Waals surface area contributed by atoms with Gasteiger partial charge in [-0.15, -0.1) is 0 Å². The minimum absolute atomic E-state index is 0.589. The highest BCUT2D eigenvalue weighted by molar-refractivity contribution is 5.90. The average Bonchev–Trinajstić information content (AvgIpc) is 2.48. The summed E-state index contributed by atoms with van der Waals surface area (Å²) in [6.07, 6.45) is 6.28. The van der Waals surface area contributed by atoms with Crippen LogP contribution in [0.3, 0.4) is 0 Å². The smallest absolute Gasteiger partial charge is 0.128 e. The van der Waals surface area contributed by atoms with Crippen LogP contribution in [0.15, 0.2) is 60.2 Å². The van der Waals surface area contributed by atoms with Crippen LogP contribution >= 0.6 is 0 Å². The third-order valence-electron chi connectivity index (χ3n) is 3.03. The largest absolute Gasteiger partial charge is 0.494 e. The molecule has 2 heteroatoms. The summed E-state index contributed by atoms with van der Waals surface area (Å²) in [4.78, 5) is 11.1. The second-order valence-corrected chi connectivity index (χ2v) is 4.24. The highest BCUT2D eigenvalue weighted by atomic mass is 16.5. The van der Waals surface area contributed by atoms with E-state index in [2.05, 4.69) is 6.58 Å². The lowest BCUT2D eigenvalue weighted by atomic mass is 9.89. The molecule has 0 aromatic heterocycles. The molecule has 96 valence electrons. The van der Waals surface area contributed by atoms with Gasteiger partial charge in [-0.2, -0.15) is 0 Å². The van der Waals surface area contributed by atoms with E-state index in [1.165, 1.54) is 0 Å². The first-order valence-electron chi connectivity index (χ1n) is 6.29. The summed E-state index contributed by atoms with van der Waals surface area (Å²) in [5.41, 5.74) is 3.62. The number of hydrogen-bond acceptors (Lipinski definition) is 2. The maximum Gasteiger partial charge on any atom is 0.128 e. The molecule has 1 aliphatic carbocycles. The lowest BCUT2D eigenvalue weighted by Crippen LogP contribution is -1.98. The van der Waals surface area contributed by atoms with E-state index in [1.54, 1.807) is 6.08 Å². The predicted molar refractivity (Wildman–Crippen MR) is 77.7 cm³/mol. The van der Waals surface area contributed by atoms with Gasteiger partial charge in [-0.1, -0.05) is 36.9 Å². The molecular formula is C17H16O2. The molecule has 0 heterocycles. The van der Waals surface area contributed by atoms with E-state index < -0.39 is 0 Å². The first kappa shape index (κ1) is 13.1. The summed E-state index contributed by atoms with van der Waals surface area (Å²) in [6.45, 7) is 6.32. The number of rotatable bonds is 4. The maximum atomic E-state index is 11.1. The van der Waals surface area contributed by atoms with Gasteiger partial charge in [-0.05, 0) is 35.8 Å². The van der Waals surface area contributed by atoms with E-state index in [0.717, 1.165) is 22.5 Å². The van der Waals surface area contributed by atoms with Crippen molar-refractivity contribution in [2.45, 2.75) is 13.3 Å². The van der Waals surface area contributed by atoms with Crippen molar-refractivity contribution in [3.8, 4) is 5.75 Å². The summed E-state index contributed by atoms with van der Waals surface area (Å²) >= 11 is 0. The second-order valence-electron chi connectivity index (χ2n) is 4.24. The van der Waals surface area contributed by atoms with Crippen molar-refractivity contribution in [2.24, 2.45) is 0 Å². The molecule has 1 aromatic carbocycles. The molecule has 2 rings (SSSR count). The normalized spacial score (nSPS) is 14.3. The van der Waals surface area contributed by atoms with Gasteiger partial charge in [0.1, 0.15) is 11.7 Å². The zero-order valence-corrected chi connectivity index (χ0v) is 11.0. The predicted octanol–water partition coefficient (Wildman–Crippen LogP) is 3.74. The molecule has 0 spiro atoms. The lowest BCUT2D eigenvalue weighted by Gasteiger charge is -2.14. The molecule has 0 bridgehead atoms. The third-order valence-corrected chi connectivity index (χ3v) is 3.03. The molecular weight excluding hydrogens is 236 g/mol. The Balaban J connectivity index is 2.34. The van der Waals surface area contributed by atoms with E-state index >= 15 is 0 Å². The monoisotopic (exact) mass is 252 g/mol. The van der Waals surface area contributed by atoms with Gasteiger partial charge in [0, 0.05) is 12.0 Å². The average molecular weight is 252 g/mol. The molecule has 0 saturated heterocycles. The van der Waals surface area contributed by atoms with E-state index in [9.17, 15) is 4.79 Å². The van der Waals surface area contributed by atoms with Crippen molar-refractivity contribution >= 4 is 11.5 Å². The highest BCUT2D eigenvalue weighted by Gasteiger charge is 2.13. The molecule has 0 amide bonds. The molecule has 0 saturated carbocycles. The Morgan fingerprint density at radius 3 is 2.63 bits per heavy atom. The fourth-order valence-corrected chi connectivity index (χ4v) is 2.05. The van der Waals surface area contributed by atoms with Crippen molar-refractivity contribution in [1.29, 1.82) is 0 Å². The van der Waals surface area contributed by atoms with Crippen molar-refractivity contribution < 1.29 is 9.53 Å². The van der Waals surface area contributed by atoms with Crippen LogP contribution in [0.4, 0.5) is 0 Å². The van der Waals surface area contributed by atoms with Gasteiger partial charge in [0.2, 0.25) is 0 Å². The van der Waals surface area contributed by atoms with Gasteiger partial charge in [0.05, 0.1) is 6.61 Å². The number of allylic oxidation sites excluding steroid dienone is 6. The fourth-order valence-electron chi connectivity index (χ4n) is 2.05. The number of ether oxygens (including phenoxy) is 1. The molecule has 1 aromatic rings. The van der Waals surface area contributed by atoms with Crippen LogP contribution in [-0.2, 0) is 4.79 Å². The van der Waals surface area contributed by atoms with E-state index in [0.29, 0.717) is 18.6 Å². The van der Waals surface area contributed by atoms with Gasteiger partial charge in [0.25, 0.3) is 0 Å². The van der Waals surface area contributed by atoms with Crippen LogP contribution in [0.25, 0.3) is 5.57 Å². The van der Waals surface area contributed by atoms with Gasteiger partial charge in [-0.25, -0.2) is 4.79 Å². The van der Waals surface area contributed by atoms with Crippen LogP contribution in [-0.4, -0.2) is 12.5 Å². The van der Waals surface area contributed by atoms with Gasteiger partial charge in [-0.3, -0.25) is 0 Å². The standard InChI is InChI=1S/C17H16O2/c1-3-13-5-10-17(15(11-13)12-18)14-6-8-16(9-7-14)19-4-2/h3,5-10H,1,4,11H2,2H3. The van der Waals surface area contributed by atoms with Gasteiger partial charge >= 0.3 is 0 Å². The van der Waals surface area contributed by atoms with Crippen molar-refractivity contribution in [3.63, 3.8) is 0 Å². The zero-order chi connectivity index (χ0) is 13.7. The third kappa shape index (κ3) is 2.93. The van der Waals surface area contributed by atoms with Crippen LogP contribution in [0.5, 0.6) is 5.75 Å². The first-order chi connectivity index (χ1) is 9.28. The summed E-state index contributed by atoms with van der Waals surface area (Å²) in [5.74, 6) is 2.87. The molecule has 1 aliphatic rings. The molecule has 0 fully saturated rings. The Morgan fingerprint density at radius 1 is 1.32 bits per heavy atom. The molecule has 0 N–H and O–H groups in total. The Hall–Kier alpha value is -2.31. The minimum Gasteiger partial charge on any atom is -0.494 e. The summed E-state index contributed by atoms with van der Waals surface area (Å²) < 4.78 is 5.41. The Morgan fingerprint density at radius 2 is 2.05 bits per heavy atom.